The first kappa shape index (κ1) is 20.6. The summed E-state index contributed by atoms with van der Waals surface area (Å²) in [7, 11) is 4.33. The molecule has 2 aromatic carbocycles. The molecule has 0 saturated carbocycles. The Labute approximate surface area is 170 Å². The summed E-state index contributed by atoms with van der Waals surface area (Å²) >= 11 is 0. The van der Waals surface area contributed by atoms with Gasteiger partial charge in [-0.25, -0.2) is 4.79 Å². The predicted octanol–water partition coefficient (Wildman–Crippen LogP) is 3.03. The van der Waals surface area contributed by atoms with E-state index >= 15 is 0 Å². The van der Waals surface area contributed by atoms with Crippen LogP contribution in [0.2, 0.25) is 0 Å². The third-order valence-corrected chi connectivity index (χ3v) is 4.06. The largest absolute Gasteiger partial charge is 0.497 e. The summed E-state index contributed by atoms with van der Waals surface area (Å²) in [5.74, 6) is 0.597. The van der Waals surface area contributed by atoms with Crippen LogP contribution in [0.15, 0.2) is 40.9 Å². The van der Waals surface area contributed by atoms with Crippen LogP contribution in [0, 0.1) is 10.1 Å². The fourth-order valence-corrected chi connectivity index (χ4v) is 2.58. The van der Waals surface area contributed by atoms with Gasteiger partial charge in [0.05, 0.1) is 37.4 Å². The number of hydrogen-bond acceptors (Lipinski definition) is 10. The normalized spacial score (nSPS) is 10.4. The van der Waals surface area contributed by atoms with Gasteiger partial charge in [-0.05, 0) is 24.3 Å². The molecule has 3 rings (SSSR count). The van der Waals surface area contributed by atoms with E-state index in [1.165, 1.54) is 33.5 Å². The lowest BCUT2D eigenvalue weighted by atomic mass is 10.2. The molecule has 0 aliphatic carbocycles. The molecular weight excluding hydrogens is 398 g/mol. The summed E-state index contributed by atoms with van der Waals surface area (Å²) in [6, 6.07) is 8.83. The molecule has 0 fully saturated rings. The number of rotatable bonds is 8. The van der Waals surface area contributed by atoms with Gasteiger partial charge in [0.25, 0.3) is 5.89 Å². The van der Waals surface area contributed by atoms with Gasteiger partial charge in [-0.1, -0.05) is 5.16 Å². The van der Waals surface area contributed by atoms with Crippen LogP contribution in [-0.2, 0) is 11.3 Å². The highest BCUT2D eigenvalue weighted by atomic mass is 16.6. The summed E-state index contributed by atoms with van der Waals surface area (Å²) in [5, 5.41) is 14.9. The quantitative estimate of drug-likeness (QED) is 0.307. The zero-order valence-electron chi connectivity index (χ0n) is 16.3. The van der Waals surface area contributed by atoms with Crippen molar-refractivity contribution in [3.63, 3.8) is 0 Å². The van der Waals surface area contributed by atoms with Crippen LogP contribution in [0.1, 0.15) is 16.2 Å². The highest BCUT2D eigenvalue weighted by molar-refractivity contribution is 5.90. The molecule has 0 unspecified atom stereocenters. The van der Waals surface area contributed by atoms with Gasteiger partial charge in [0.1, 0.15) is 11.5 Å². The molecule has 0 amide bonds. The molecule has 1 heterocycles. The number of carbonyl (C=O) groups excluding carboxylic acids is 1. The maximum atomic E-state index is 12.2. The molecule has 0 atom stereocenters. The van der Waals surface area contributed by atoms with Gasteiger partial charge in [-0.3, -0.25) is 10.1 Å². The van der Waals surface area contributed by atoms with Crippen LogP contribution in [0.3, 0.4) is 0 Å². The first-order chi connectivity index (χ1) is 14.5. The van der Waals surface area contributed by atoms with Crippen molar-refractivity contribution in [1.29, 1.82) is 0 Å². The number of carbonyl (C=O) groups is 1. The van der Waals surface area contributed by atoms with Crippen LogP contribution in [0.25, 0.3) is 11.4 Å². The second-order valence-corrected chi connectivity index (χ2v) is 5.80. The van der Waals surface area contributed by atoms with Crippen molar-refractivity contribution >= 4 is 11.7 Å². The fraction of sp³-hybridized carbons (Fsp3) is 0.211. The van der Waals surface area contributed by atoms with Crippen LogP contribution in [0.5, 0.6) is 17.2 Å². The van der Waals surface area contributed by atoms with E-state index in [1.54, 1.807) is 18.2 Å². The van der Waals surface area contributed by atoms with Gasteiger partial charge < -0.3 is 23.5 Å². The summed E-state index contributed by atoms with van der Waals surface area (Å²) in [5.41, 5.74) is 0.197. The molecule has 0 radical (unpaired) electrons. The standard InChI is InChI=1S/C19H17N3O8/c1-26-12-5-6-13(16(9-12)28-3)18-20-17(30-21-18)10-29-19(23)11-4-7-15(27-2)14(8-11)22(24)25/h4-9H,10H2,1-3H3. The minimum atomic E-state index is -0.789. The van der Waals surface area contributed by atoms with E-state index in [2.05, 4.69) is 10.1 Å². The van der Waals surface area contributed by atoms with Gasteiger partial charge in [0, 0.05) is 12.1 Å². The number of nitro benzene ring substituents is 1. The van der Waals surface area contributed by atoms with E-state index in [4.69, 9.17) is 23.5 Å². The fourth-order valence-electron chi connectivity index (χ4n) is 2.58. The number of nitro groups is 1. The summed E-state index contributed by atoms with van der Waals surface area (Å²) in [6.45, 7) is -0.315. The molecule has 0 aliphatic heterocycles. The van der Waals surface area contributed by atoms with Crippen molar-refractivity contribution in [3.05, 3.63) is 58.0 Å². The van der Waals surface area contributed by atoms with Crippen molar-refractivity contribution in [2.75, 3.05) is 21.3 Å². The number of benzene rings is 2. The van der Waals surface area contributed by atoms with Crippen LogP contribution < -0.4 is 14.2 Å². The Morgan fingerprint density at radius 2 is 1.83 bits per heavy atom. The lowest BCUT2D eigenvalue weighted by Crippen LogP contribution is -2.06. The first-order valence-electron chi connectivity index (χ1n) is 8.51. The maximum absolute atomic E-state index is 12.2. The van der Waals surface area contributed by atoms with E-state index in [0.29, 0.717) is 17.1 Å². The van der Waals surface area contributed by atoms with Gasteiger partial charge >= 0.3 is 11.7 Å². The number of esters is 1. The molecule has 11 nitrogen and oxygen atoms in total. The minimum Gasteiger partial charge on any atom is -0.497 e. The lowest BCUT2D eigenvalue weighted by Gasteiger charge is -2.07. The SMILES string of the molecule is COc1ccc(-c2noc(COC(=O)c3ccc(OC)c([N+](=O)[O-])c3)n2)c(OC)c1. The van der Waals surface area contributed by atoms with E-state index in [-0.39, 0.29) is 35.3 Å². The Morgan fingerprint density at radius 3 is 2.50 bits per heavy atom. The smallest absolute Gasteiger partial charge is 0.338 e. The summed E-state index contributed by atoms with van der Waals surface area (Å²) < 4.78 is 25.6. The topological polar surface area (TPSA) is 136 Å². The van der Waals surface area contributed by atoms with Crippen LogP contribution in [-0.4, -0.2) is 42.4 Å². The van der Waals surface area contributed by atoms with Crippen molar-refractivity contribution in [2.45, 2.75) is 6.61 Å². The summed E-state index contributed by atoms with van der Waals surface area (Å²) in [6.07, 6.45) is 0. The monoisotopic (exact) mass is 415 g/mol. The number of methoxy groups -OCH3 is 3. The Kier molecular flexibility index (Phi) is 6.11. The van der Waals surface area contributed by atoms with Crippen molar-refractivity contribution in [2.24, 2.45) is 0 Å². The van der Waals surface area contributed by atoms with Crippen molar-refractivity contribution in [1.82, 2.24) is 10.1 Å². The third kappa shape index (κ3) is 4.29. The molecule has 3 aromatic rings. The molecule has 0 bridgehead atoms. The molecule has 0 aliphatic rings. The van der Waals surface area contributed by atoms with Gasteiger partial charge in [-0.15, -0.1) is 0 Å². The second kappa shape index (κ2) is 8.90. The van der Waals surface area contributed by atoms with E-state index < -0.39 is 10.9 Å². The molecule has 0 spiro atoms. The molecule has 0 N–H and O–H groups in total. The molecule has 156 valence electrons. The first-order valence-corrected chi connectivity index (χ1v) is 8.51. The molecule has 11 heteroatoms. The van der Waals surface area contributed by atoms with Crippen molar-refractivity contribution < 1.29 is 33.2 Å². The van der Waals surface area contributed by atoms with Crippen LogP contribution in [0.4, 0.5) is 5.69 Å². The molecule has 1 aromatic heterocycles. The zero-order valence-corrected chi connectivity index (χ0v) is 16.3. The minimum absolute atomic E-state index is 0.0148. The Balaban J connectivity index is 1.72. The molecule has 0 saturated heterocycles. The average molecular weight is 415 g/mol. The number of aromatic nitrogens is 2. The molecular formula is C19H17N3O8. The highest BCUT2D eigenvalue weighted by Crippen LogP contribution is 2.32. The Bertz CT molecular complexity index is 1080. The maximum Gasteiger partial charge on any atom is 0.338 e. The average Bonchev–Trinajstić information content (AvgIpc) is 3.25. The zero-order chi connectivity index (χ0) is 21.7. The van der Waals surface area contributed by atoms with Crippen molar-refractivity contribution in [3.8, 4) is 28.6 Å². The predicted molar refractivity (Wildman–Crippen MR) is 102 cm³/mol. The number of hydrogen-bond donors (Lipinski definition) is 0. The summed E-state index contributed by atoms with van der Waals surface area (Å²) in [4.78, 5) is 26.8. The third-order valence-electron chi connectivity index (χ3n) is 4.06. The Morgan fingerprint density at radius 1 is 1.07 bits per heavy atom. The van der Waals surface area contributed by atoms with Gasteiger partial charge in [-0.2, -0.15) is 4.98 Å². The van der Waals surface area contributed by atoms with E-state index in [9.17, 15) is 14.9 Å². The highest BCUT2D eigenvalue weighted by Gasteiger charge is 2.20. The van der Waals surface area contributed by atoms with E-state index in [0.717, 1.165) is 6.07 Å². The number of nitrogens with zero attached hydrogens (tertiary/aromatic N) is 3. The Hall–Kier alpha value is -4.15. The van der Waals surface area contributed by atoms with Gasteiger partial charge in [0.2, 0.25) is 5.82 Å². The van der Waals surface area contributed by atoms with Gasteiger partial charge in [0.15, 0.2) is 12.4 Å². The second-order valence-electron chi connectivity index (χ2n) is 5.80. The number of ether oxygens (including phenoxy) is 4. The molecule has 30 heavy (non-hydrogen) atoms. The van der Waals surface area contributed by atoms with E-state index in [1.807, 2.05) is 0 Å². The van der Waals surface area contributed by atoms with Crippen LogP contribution >= 0.6 is 0 Å². The lowest BCUT2D eigenvalue weighted by molar-refractivity contribution is -0.385.